The summed E-state index contributed by atoms with van der Waals surface area (Å²) in [6.07, 6.45) is 2.33. The smallest absolute Gasteiger partial charge is 0.197 e. The monoisotopic (exact) mass is 550 g/mol. The molecule has 0 fully saturated rings. The quantitative estimate of drug-likeness (QED) is 0.114. The van der Waals surface area contributed by atoms with Crippen molar-refractivity contribution in [1.29, 1.82) is 0 Å². The molecular weight excluding hydrogens is 520 g/mol. The second kappa shape index (κ2) is 12.1. The molecule has 5 nitrogen and oxygen atoms in total. The lowest BCUT2D eigenvalue weighted by Crippen LogP contribution is -2.09. The van der Waals surface area contributed by atoms with Gasteiger partial charge in [-0.05, 0) is 72.6 Å². The molecule has 6 rings (SSSR count). The van der Waals surface area contributed by atoms with Crippen molar-refractivity contribution < 1.29 is 14.3 Å². The van der Waals surface area contributed by atoms with Gasteiger partial charge in [-0.15, -0.1) is 0 Å². The molecule has 42 heavy (non-hydrogen) atoms. The highest BCUT2D eigenvalue weighted by Crippen LogP contribution is 2.37. The molecule has 0 bridgehead atoms. The minimum Gasteiger partial charge on any atom is -0.493 e. The molecule has 1 aliphatic rings. The van der Waals surface area contributed by atoms with Gasteiger partial charge < -0.3 is 15.4 Å². The van der Waals surface area contributed by atoms with Crippen LogP contribution in [-0.4, -0.2) is 24.7 Å². The van der Waals surface area contributed by atoms with E-state index in [1.807, 2.05) is 54.6 Å². The zero-order chi connectivity index (χ0) is 28.9. The number of hydrogen-bond acceptors (Lipinski definition) is 5. The lowest BCUT2D eigenvalue weighted by molar-refractivity contribution is 0.0990. The molecular formula is C37H30N2O3. The molecule has 0 atom stereocenters. The molecule has 5 aromatic carbocycles. The highest BCUT2D eigenvalue weighted by Gasteiger charge is 2.32. The zero-order valence-electron chi connectivity index (χ0n) is 23.1. The molecule has 206 valence electrons. The van der Waals surface area contributed by atoms with E-state index in [2.05, 4.69) is 53.4 Å². The van der Waals surface area contributed by atoms with E-state index < -0.39 is 0 Å². The third kappa shape index (κ3) is 5.38. The predicted molar refractivity (Wildman–Crippen MR) is 169 cm³/mol. The number of carbonyl (C=O) groups excluding carboxylic acids is 2. The van der Waals surface area contributed by atoms with Crippen molar-refractivity contribution in [3.05, 3.63) is 150 Å². The number of nitrogens with two attached hydrogens (primary N) is 1. The second-order valence-corrected chi connectivity index (χ2v) is 10.1. The number of benzene rings is 5. The summed E-state index contributed by atoms with van der Waals surface area (Å²) in [6, 6.07) is 41.7. The van der Waals surface area contributed by atoms with Crippen molar-refractivity contribution in [2.75, 3.05) is 18.1 Å². The van der Waals surface area contributed by atoms with E-state index in [0.29, 0.717) is 42.0 Å². The van der Waals surface area contributed by atoms with Crippen LogP contribution < -0.4 is 15.4 Å². The van der Waals surface area contributed by atoms with E-state index in [4.69, 9.17) is 10.5 Å². The van der Waals surface area contributed by atoms with Crippen molar-refractivity contribution in [2.24, 2.45) is 5.73 Å². The van der Waals surface area contributed by atoms with Crippen molar-refractivity contribution in [3.8, 4) is 16.9 Å². The Morgan fingerprint density at radius 3 is 1.71 bits per heavy atom. The molecule has 1 aliphatic carbocycles. The number of fused-ring (bicyclic) bond motifs is 1. The zero-order valence-corrected chi connectivity index (χ0v) is 23.1. The Morgan fingerprint density at radius 2 is 1.14 bits per heavy atom. The largest absolute Gasteiger partial charge is 0.493 e. The SMILES string of the molecule is NCCCOc1cc(-c2ccc(N(c3ccccc3)c3ccccc3)cc2)ccc1C=C1C(=O)c2ccccc2C1=O. The van der Waals surface area contributed by atoms with Gasteiger partial charge in [0.15, 0.2) is 11.6 Å². The number of Topliss-reactive ketones (excluding diaryl/α,β-unsaturated/α-hetero) is 2. The molecule has 0 amide bonds. The number of hydrogen-bond donors (Lipinski definition) is 1. The fourth-order valence-electron chi connectivity index (χ4n) is 5.19. The van der Waals surface area contributed by atoms with Gasteiger partial charge >= 0.3 is 0 Å². The first-order valence-electron chi connectivity index (χ1n) is 14.0. The van der Waals surface area contributed by atoms with Gasteiger partial charge in [-0.2, -0.15) is 0 Å². The summed E-state index contributed by atoms with van der Waals surface area (Å²) in [6.45, 7) is 0.934. The summed E-state index contributed by atoms with van der Waals surface area (Å²) in [5.74, 6) is 0.0819. The number of ketones is 2. The van der Waals surface area contributed by atoms with E-state index in [9.17, 15) is 9.59 Å². The summed E-state index contributed by atoms with van der Waals surface area (Å²) in [5, 5.41) is 0. The van der Waals surface area contributed by atoms with Crippen LogP contribution in [0.4, 0.5) is 17.1 Å². The minimum atomic E-state index is -0.260. The Hall–Kier alpha value is -5.26. The number of nitrogens with zero attached hydrogens (tertiary/aromatic N) is 1. The molecule has 5 aromatic rings. The first-order chi connectivity index (χ1) is 20.6. The van der Waals surface area contributed by atoms with Crippen LogP contribution in [0.15, 0.2) is 133 Å². The van der Waals surface area contributed by atoms with Crippen LogP contribution in [0.2, 0.25) is 0 Å². The van der Waals surface area contributed by atoms with Gasteiger partial charge in [-0.3, -0.25) is 9.59 Å². The topological polar surface area (TPSA) is 72.6 Å². The van der Waals surface area contributed by atoms with Crippen LogP contribution in [-0.2, 0) is 0 Å². The number of carbonyl (C=O) groups is 2. The van der Waals surface area contributed by atoms with Crippen molar-refractivity contribution in [3.63, 3.8) is 0 Å². The van der Waals surface area contributed by atoms with Gasteiger partial charge in [-0.25, -0.2) is 0 Å². The predicted octanol–water partition coefficient (Wildman–Crippen LogP) is 8.01. The lowest BCUT2D eigenvalue weighted by Gasteiger charge is -2.25. The Morgan fingerprint density at radius 1 is 0.619 bits per heavy atom. The van der Waals surface area contributed by atoms with E-state index >= 15 is 0 Å². The molecule has 0 saturated heterocycles. The maximum atomic E-state index is 13.0. The third-order valence-electron chi connectivity index (χ3n) is 7.31. The highest BCUT2D eigenvalue weighted by molar-refractivity contribution is 6.41. The van der Waals surface area contributed by atoms with Crippen LogP contribution in [0.3, 0.4) is 0 Å². The Bertz CT molecular complexity index is 1680. The number of allylic oxidation sites excluding steroid dienone is 1. The average molecular weight is 551 g/mol. The van der Waals surface area contributed by atoms with Crippen LogP contribution in [0.5, 0.6) is 5.75 Å². The Balaban J connectivity index is 1.34. The van der Waals surface area contributed by atoms with Gasteiger partial charge in [0, 0.05) is 33.8 Å². The summed E-state index contributed by atoms with van der Waals surface area (Å²) in [5.41, 5.74) is 12.6. The summed E-state index contributed by atoms with van der Waals surface area (Å²) >= 11 is 0. The van der Waals surface area contributed by atoms with Gasteiger partial charge in [0.25, 0.3) is 0 Å². The molecule has 0 unspecified atom stereocenters. The van der Waals surface area contributed by atoms with Crippen LogP contribution in [0.25, 0.3) is 17.2 Å². The molecule has 0 heterocycles. The third-order valence-corrected chi connectivity index (χ3v) is 7.31. The summed E-state index contributed by atoms with van der Waals surface area (Å²) < 4.78 is 6.12. The molecule has 0 aliphatic heterocycles. The molecule has 0 radical (unpaired) electrons. The fraction of sp³-hybridized carbons (Fsp3) is 0.0811. The number of anilines is 3. The van der Waals surface area contributed by atoms with E-state index in [1.165, 1.54) is 0 Å². The van der Waals surface area contributed by atoms with Gasteiger partial charge in [0.1, 0.15) is 5.75 Å². The average Bonchev–Trinajstić information content (AvgIpc) is 3.28. The standard InChI is InChI=1S/C37H30N2O3/c38-22-9-23-42-35-25-27(16-17-28(35)24-34-36(40)32-14-7-8-15-33(32)37(34)41)26-18-20-31(21-19-26)39(29-10-3-1-4-11-29)30-12-5-2-6-13-30/h1-8,10-21,24-25H,9,22-23,38H2. The van der Waals surface area contributed by atoms with E-state index in [1.54, 1.807) is 30.3 Å². The molecule has 0 spiro atoms. The summed E-state index contributed by atoms with van der Waals surface area (Å²) in [7, 11) is 0. The second-order valence-electron chi connectivity index (χ2n) is 10.1. The number of rotatable bonds is 9. The summed E-state index contributed by atoms with van der Waals surface area (Å²) in [4.78, 5) is 28.2. The van der Waals surface area contributed by atoms with Crippen LogP contribution in [0, 0.1) is 0 Å². The maximum absolute atomic E-state index is 13.0. The lowest BCUT2D eigenvalue weighted by atomic mass is 10.00. The van der Waals surface area contributed by atoms with Crippen LogP contribution >= 0.6 is 0 Å². The fourth-order valence-corrected chi connectivity index (χ4v) is 5.19. The Labute approximate surface area is 245 Å². The first kappa shape index (κ1) is 26.9. The van der Waals surface area contributed by atoms with Gasteiger partial charge in [0.2, 0.25) is 0 Å². The van der Waals surface area contributed by atoms with E-state index in [-0.39, 0.29) is 17.1 Å². The first-order valence-corrected chi connectivity index (χ1v) is 14.0. The van der Waals surface area contributed by atoms with Crippen molar-refractivity contribution in [2.45, 2.75) is 6.42 Å². The number of ether oxygens (including phenoxy) is 1. The normalized spacial score (nSPS) is 12.3. The molecule has 5 heteroatoms. The maximum Gasteiger partial charge on any atom is 0.197 e. The van der Waals surface area contributed by atoms with Crippen molar-refractivity contribution in [1.82, 2.24) is 0 Å². The highest BCUT2D eigenvalue weighted by atomic mass is 16.5. The number of para-hydroxylation sites is 2. The van der Waals surface area contributed by atoms with Crippen molar-refractivity contribution >= 4 is 34.7 Å². The van der Waals surface area contributed by atoms with Gasteiger partial charge in [0.05, 0.1) is 12.2 Å². The van der Waals surface area contributed by atoms with Crippen LogP contribution in [0.1, 0.15) is 32.7 Å². The molecule has 0 saturated carbocycles. The minimum absolute atomic E-state index is 0.152. The molecule has 2 N–H and O–H groups in total. The van der Waals surface area contributed by atoms with Gasteiger partial charge in [-0.1, -0.05) is 84.9 Å². The Kier molecular flexibility index (Phi) is 7.75. The van der Waals surface area contributed by atoms with E-state index in [0.717, 1.165) is 28.2 Å². The molecule has 0 aromatic heterocycles.